The summed E-state index contributed by atoms with van der Waals surface area (Å²) in [4.78, 5) is 2.27. The van der Waals surface area contributed by atoms with Crippen LogP contribution in [0, 0.1) is 5.82 Å². The molecule has 2 aromatic carbocycles. The molecule has 1 nitrogen and oxygen atoms in total. The molecule has 110 valence electrons. The average molecular weight is 322 g/mol. The van der Waals surface area contributed by atoms with Crippen LogP contribution in [0.1, 0.15) is 24.3 Å². The molecular weight excluding hydrogens is 305 g/mol. The Balaban J connectivity index is 1.88. The van der Waals surface area contributed by atoms with Gasteiger partial charge in [-0.3, -0.25) is 0 Å². The second kappa shape index (κ2) is 6.82. The zero-order valence-electron chi connectivity index (χ0n) is 11.6. The van der Waals surface area contributed by atoms with Gasteiger partial charge in [-0.05, 0) is 79.9 Å². The fourth-order valence-electron chi connectivity index (χ4n) is 2.69. The molecule has 1 fully saturated rings. The van der Waals surface area contributed by atoms with E-state index in [1.54, 1.807) is 23.9 Å². The van der Waals surface area contributed by atoms with Crippen molar-refractivity contribution in [2.75, 3.05) is 13.1 Å². The van der Waals surface area contributed by atoms with Crippen LogP contribution in [0.5, 0.6) is 0 Å². The van der Waals surface area contributed by atoms with Crippen molar-refractivity contribution in [3.05, 3.63) is 58.9 Å². The molecule has 4 heteroatoms. The van der Waals surface area contributed by atoms with E-state index in [0.29, 0.717) is 5.92 Å². The van der Waals surface area contributed by atoms with Crippen LogP contribution < -0.4 is 5.32 Å². The Hall–Kier alpha value is -1.03. The van der Waals surface area contributed by atoms with E-state index in [9.17, 15) is 4.39 Å². The molecule has 21 heavy (non-hydrogen) atoms. The summed E-state index contributed by atoms with van der Waals surface area (Å²) in [5.41, 5.74) is 1.14. The predicted molar refractivity (Wildman–Crippen MR) is 86.8 cm³/mol. The first kappa shape index (κ1) is 14.9. The third-order valence-corrected chi connectivity index (χ3v) is 5.14. The number of benzene rings is 2. The third kappa shape index (κ3) is 3.79. The third-order valence-electron chi connectivity index (χ3n) is 3.79. The Kier molecular flexibility index (Phi) is 4.84. The lowest BCUT2D eigenvalue weighted by Gasteiger charge is -2.25. The van der Waals surface area contributed by atoms with E-state index in [2.05, 4.69) is 5.32 Å². The van der Waals surface area contributed by atoms with Crippen LogP contribution in [0.25, 0.3) is 0 Å². The summed E-state index contributed by atoms with van der Waals surface area (Å²) in [5, 5.41) is 4.09. The molecule has 0 radical (unpaired) electrons. The van der Waals surface area contributed by atoms with Crippen LogP contribution in [0.3, 0.4) is 0 Å². The predicted octanol–water partition coefficient (Wildman–Crippen LogP) is 5.10. The summed E-state index contributed by atoms with van der Waals surface area (Å²) >= 11 is 7.60. The number of piperidine rings is 1. The summed E-state index contributed by atoms with van der Waals surface area (Å²) < 4.78 is 13.7. The molecule has 2 aromatic rings. The number of rotatable bonds is 3. The summed E-state index contributed by atoms with van der Waals surface area (Å²) in [5.74, 6) is 0.292. The molecule has 0 amide bonds. The molecule has 0 bridgehead atoms. The van der Waals surface area contributed by atoms with Crippen LogP contribution >= 0.6 is 23.4 Å². The maximum atomic E-state index is 13.7. The molecule has 0 saturated carbocycles. The highest BCUT2D eigenvalue weighted by molar-refractivity contribution is 7.99. The summed E-state index contributed by atoms with van der Waals surface area (Å²) in [6, 6.07) is 12.9. The van der Waals surface area contributed by atoms with Gasteiger partial charge in [0.15, 0.2) is 0 Å². The molecule has 0 unspecified atom stereocenters. The largest absolute Gasteiger partial charge is 0.317 e. The van der Waals surface area contributed by atoms with E-state index in [1.165, 1.54) is 0 Å². The normalized spacial score (nSPS) is 16.1. The molecule has 0 spiro atoms. The van der Waals surface area contributed by atoms with Gasteiger partial charge in [-0.2, -0.15) is 0 Å². The van der Waals surface area contributed by atoms with Crippen molar-refractivity contribution < 1.29 is 4.39 Å². The second-order valence-corrected chi connectivity index (χ2v) is 6.81. The van der Waals surface area contributed by atoms with Crippen molar-refractivity contribution in [2.45, 2.75) is 28.6 Å². The van der Waals surface area contributed by atoms with Crippen LogP contribution in [0.4, 0.5) is 4.39 Å². The lowest BCUT2D eigenvalue weighted by molar-refractivity contribution is 0.454. The first-order chi connectivity index (χ1) is 10.2. The van der Waals surface area contributed by atoms with Gasteiger partial charge in [0.05, 0.1) is 0 Å². The van der Waals surface area contributed by atoms with Crippen LogP contribution in [0.2, 0.25) is 5.02 Å². The maximum Gasteiger partial charge on any atom is 0.123 e. The molecule has 0 aromatic heterocycles. The number of halogens is 2. The Bertz CT molecular complexity index is 609. The van der Waals surface area contributed by atoms with Crippen molar-refractivity contribution in [3.8, 4) is 0 Å². The van der Waals surface area contributed by atoms with Crippen molar-refractivity contribution in [3.63, 3.8) is 0 Å². The Morgan fingerprint density at radius 2 is 1.76 bits per heavy atom. The molecule has 1 heterocycles. The molecule has 3 rings (SSSR count). The molecule has 1 saturated heterocycles. The smallest absolute Gasteiger partial charge is 0.123 e. The van der Waals surface area contributed by atoms with E-state index >= 15 is 0 Å². The Labute approximate surface area is 133 Å². The molecule has 1 aliphatic rings. The van der Waals surface area contributed by atoms with E-state index in [4.69, 9.17) is 11.6 Å². The van der Waals surface area contributed by atoms with E-state index < -0.39 is 0 Å². The standard InChI is InChI=1S/C17H17ClFNS/c18-13-1-4-15(5-2-13)21-17-6-3-14(19)11-16(17)12-7-9-20-10-8-12/h1-6,11-12,20H,7-10H2. The Morgan fingerprint density at radius 1 is 1.05 bits per heavy atom. The number of nitrogens with one attached hydrogen (secondary N) is 1. The van der Waals surface area contributed by atoms with Gasteiger partial charge in [0.2, 0.25) is 0 Å². The highest BCUT2D eigenvalue weighted by Gasteiger charge is 2.19. The van der Waals surface area contributed by atoms with Crippen molar-refractivity contribution >= 4 is 23.4 Å². The topological polar surface area (TPSA) is 12.0 Å². The number of hydrogen-bond donors (Lipinski definition) is 1. The van der Waals surface area contributed by atoms with Crippen LogP contribution in [0.15, 0.2) is 52.3 Å². The minimum atomic E-state index is -0.149. The minimum Gasteiger partial charge on any atom is -0.317 e. The SMILES string of the molecule is Fc1ccc(Sc2ccc(Cl)cc2)c(C2CCNCC2)c1. The molecular formula is C17H17ClFNS. The van der Waals surface area contributed by atoms with Gasteiger partial charge in [-0.15, -0.1) is 0 Å². The van der Waals surface area contributed by atoms with Gasteiger partial charge < -0.3 is 5.32 Å². The van der Waals surface area contributed by atoms with Gasteiger partial charge >= 0.3 is 0 Å². The lowest BCUT2D eigenvalue weighted by atomic mass is 9.90. The fraction of sp³-hybridized carbons (Fsp3) is 0.294. The summed E-state index contributed by atoms with van der Waals surface area (Å²) in [6.45, 7) is 2.01. The second-order valence-electron chi connectivity index (χ2n) is 5.26. The summed E-state index contributed by atoms with van der Waals surface area (Å²) in [6.07, 6.45) is 2.13. The molecule has 0 aliphatic carbocycles. The first-order valence-electron chi connectivity index (χ1n) is 7.16. The van der Waals surface area contributed by atoms with Crippen molar-refractivity contribution in [1.82, 2.24) is 5.32 Å². The zero-order valence-corrected chi connectivity index (χ0v) is 13.2. The van der Waals surface area contributed by atoms with Gasteiger partial charge in [0, 0.05) is 14.8 Å². The quantitative estimate of drug-likeness (QED) is 0.844. The minimum absolute atomic E-state index is 0.149. The first-order valence-corrected chi connectivity index (χ1v) is 8.35. The average Bonchev–Trinajstić information content (AvgIpc) is 2.52. The van der Waals surface area contributed by atoms with Gasteiger partial charge in [-0.1, -0.05) is 23.4 Å². The summed E-state index contributed by atoms with van der Waals surface area (Å²) in [7, 11) is 0. The Morgan fingerprint density at radius 3 is 2.48 bits per heavy atom. The highest BCUT2D eigenvalue weighted by atomic mass is 35.5. The fourth-order valence-corrected chi connectivity index (χ4v) is 3.83. The van der Waals surface area contributed by atoms with Gasteiger partial charge in [0.25, 0.3) is 0 Å². The van der Waals surface area contributed by atoms with Crippen molar-refractivity contribution in [1.29, 1.82) is 0 Å². The van der Waals surface area contributed by atoms with Gasteiger partial charge in [-0.25, -0.2) is 4.39 Å². The molecule has 1 aliphatic heterocycles. The molecule has 1 N–H and O–H groups in total. The van der Waals surface area contributed by atoms with E-state index in [1.807, 2.05) is 30.3 Å². The van der Waals surface area contributed by atoms with E-state index in [0.717, 1.165) is 46.3 Å². The van der Waals surface area contributed by atoms with E-state index in [-0.39, 0.29) is 5.82 Å². The molecule has 0 atom stereocenters. The van der Waals surface area contributed by atoms with Gasteiger partial charge in [0.1, 0.15) is 5.82 Å². The maximum absolute atomic E-state index is 13.7. The van der Waals surface area contributed by atoms with Crippen molar-refractivity contribution in [2.24, 2.45) is 0 Å². The lowest BCUT2D eigenvalue weighted by Crippen LogP contribution is -2.26. The monoisotopic (exact) mass is 321 g/mol. The highest BCUT2D eigenvalue weighted by Crippen LogP contribution is 2.37. The van der Waals surface area contributed by atoms with Crippen LogP contribution in [-0.4, -0.2) is 13.1 Å². The van der Waals surface area contributed by atoms with Crippen LogP contribution in [-0.2, 0) is 0 Å². The zero-order chi connectivity index (χ0) is 14.7. The number of hydrogen-bond acceptors (Lipinski definition) is 2.